The Balaban J connectivity index is 4.44. The van der Waals surface area contributed by atoms with E-state index in [1.807, 2.05) is 0 Å². The summed E-state index contributed by atoms with van der Waals surface area (Å²) in [5, 5.41) is 17.3. The van der Waals surface area contributed by atoms with E-state index < -0.39 is 23.8 Å². The van der Waals surface area contributed by atoms with Gasteiger partial charge < -0.3 is 10.2 Å². The largest absolute Gasteiger partial charge is 0.481 e. The maximum Gasteiger partial charge on any atom is 0.307 e. The Morgan fingerprint density at radius 2 is 1.25 bits per heavy atom. The lowest BCUT2D eigenvalue weighted by molar-refractivity contribution is -0.154. The number of carboxylic acid groups (broad SMARTS) is 2. The Bertz CT molecular complexity index is 156. The molecule has 0 aromatic rings. The monoisotopic (exact) mass is 174 g/mol. The molecule has 2 atom stereocenters. The first-order valence-corrected chi connectivity index (χ1v) is 4.00. The zero-order chi connectivity index (χ0) is 9.72. The van der Waals surface area contributed by atoms with Gasteiger partial charge in [0.15, 0.2) is 0 Å². The van der Waals surface area contributed by atoms with E-state index in [0.29, 0.717) is 12.8 Å². The molecular formula is C8H14O4. The molecule has 0 aliphatic rings. The van der Waals surface area contributed by atoms with E-state index in [1.165, 1.54) is 0 Å². The molecular weight excluding hydrogens is 160 g/mol. The highest BCUT2D eigenvalue weighted by molar-refractivity contribution is 5.79. The first-order valence-electron chi connectivity index (χ1n) is 4.00. The van der Waals surface area contributed by atoms with Crippen LogP contribution in [0.3, 0.4) is 0 Å². The van der Waals surface area contributed by atoms with E-state index in [1.54, 1.807) is 13.8 Å². The van der Waals surface area contributed by atoms with Crippen molar-refractivity contribution in [3.8, 4) is 0 Å². The SMILES string of the molecule is CCC(C(=O)O)C(CC)C(=O)O. The summed E-state index contributed by atoms with van der Waals surface area (Å²) in [6.07, 6.45) is 0.723. The van der Waals surface area contributed by atoms with Crippen molar-refractivity contribution < 1.29 is 19.8 Å². The molecule has 2 N–H and O–H groups in total. The lowest BCUT2D eigenvalue weighted by Crippen LogP contribution is -2.28. The lowest BCUT2D eigenvalue weighted by atomic mass is 9.88. The maximum absolute atomic E-state index is 10.6. The Kier molecular flexibility index (Phi) is 4.33. The Morgan fingerprint density at radius 3 is 1.33 bits per heavy atom. The molecule has 0 rings (SSSR count). The van der Waals surface area contributed by atoms with Crippen LogP contribution in [0.1, 0.15) is 26.7 Å². The lowest BCUT2D eigenvalue weighted by Gasteiger charge is -2.16. The molecule has 0 aliphatic heterocycles. The van der Waals surface area contributed by atoms with Gasteiger partial charge in [-0.05, 0) is 12.8 Å². The third-order valence-corrected chi connectivity index (χ3v) is 2.00. The molecule has 0 spiro atoms. The summed E-state index contributed by atoms with van der Waals surface area (Å²) in [5.41, 5.74) is 0. The molecule has 4 heteroatoms. The standard InChI is InChI=1S/C8H14O4/c1-3-5(7(9)10)6(4-2)8(11)12/h5-6H,3-4H2,1-2H3,(H,9,10)(H,11,12). The molecule has 12 heavy (non-hydrogen) atoms. The molecule has 0 saturated carbocycles. The van der Waals surface area contributed by atoms with Gasteiger partial charge in [-0.2, -0.15) is 0 Å². The van der Waals surface area contributed by atoms with E-state index in [9.17, 15) is 9.59 Å². The molecule has 0 saturated heterocycles. The summed E-state index contributed by atoms with van der Waals surface area (Å²) in [6.45, 7) is 3.37. The predicted octanol–water partition coefficient (Wildman–Crippen LogP) is 1.21. The van der Waals surface area contributed by atoms with Gasteiger partial charge in [0.05, 0.1) is 11.8 Å². The smallest absolute Gasteiger partial charge is 0.307 e. The van der Waals surface area contributed by atoms with Crippen LogP contribution in [0, 0.1) is 11.8 Å². The highest BCUT2D eigenvalue weighted by Gasteiger charge is 2.30. The van der Waals surface area contributed by atoms with Crippen molar-refractivity contribution in [2.45, 2.75) is 26.7 Å². The van der Waals surface area contributed by atoms with Gasteiger partial charge >= 0.3 is 11.9 Å². The van der Waals surface area contributed by atoms with E-state index in [0.717, 1.165) is 0 Å². The highest BCUT2D eigenvalue weighted by Crippen LogP contribution is 2.19. The zero-order valence-corrected chi connectivity index (χ0v) is 7.28. The molecule has 0 bridgehead atoms. The third-order valence-electron chi connectivity index (χ3n) is 2.00. The van der Waals surface area contributed by atoms with E-state index >= 15 is 0 Å². The van der Waals surface area contributed by atoms with Gasteiger partial charge in [-0.1, -0.05) is 13.8 Å². The molecule has 0 heterocycles. The van der Waals surface area contributed by atoms with Gasteiger partial charge in [0.1, 0.15) is 0 Å². The van der Waals surface area contributed by atoms with Crippen LogP contribution in [0.25, 0.3) is 0 Å². The average Bonchev–Trinajstić information content (AvgIpc) is 1.98. The van der Waals surface area contributed by atoms with Crippen LogP contribution >= 0.6 is 0 Å². The van der Waals surface area contributed by atoms with Gasteiger partial charge in [0.25, 0.3) is 0 Å². The number of hydrogen-bond acceptors (Lipinski definition) is 2. The number of carboxylic acids is 2. The van der Waals surface area contributed by atoms with E-state index in [-0.39, 0.29) is 0 Å². The highest BCUT2D eigenvalue weighted by atomic mass is 16.4. The molecule has 2 unspecified atom stereocenters. The first-order chi connectivity index (χ1) is 5.54. The van der Waals surface area contributed by atoms with Gasteiger partial charge in [-0.15, -0.1) is 0 Å². The van der Waals surface area contributed by atoms with E-state index in [2.05, 4.69) is 0 Å². The zero-order valence-electron chi connectivity index (χ0n) is 7.28. The summed E-state index contributed by atoms with van der Waals surface area (Å²) in [4.78, 5) is 21.1. The van der Waals surface area contributed by atoms with Crippen molar-refractivity contribution in [1.82, 2.24) is 0 Å². The minimum atomic E-state index is -1.02. The second-order valence-electron chi connectivity index (χ2n) is 2.71. The van der Waals surface area contributed by atoms with Crippen molar-refractivity contribution in [2.24, 2.45) is 11.8 Å². The van der Waals surface area contributed by atoms with Crippen LogP contribution in [-0.2, 0) is 9.59 Å². The molecule has 0 aromatic carbocycles. The van der Waals surface area contributed by atoms with Crippen LogP contribution in [-0.4, -0.2) is 22.2 Å². The normalized spacial score (nSPS) is 15.2. The number of rotatable bonds is 5. The number of hydrogen-bond donors (Lipinski definition) is 2. The van der Waals surface area contributed by atoms with Gasteiger partial charge in [-0.3, -0.25) is 9.59 Å². The minimum absolute atomic E-state index is 0.361. The molecule has 0 aromatic heterocycles. The van der Waals surface area contributed by atoms with Crippen LogP contribution in [0.4, 0.5) is 0 Å². The van der Waals surface area contributed by atoms with E-state index in [4.69, 9.17) is 10.2 Å². The molecule has 0 amide bonds. The summed E-state index contributed by atoms with van der Waals surface area (Å²) in [7, 11) is 0. The molecule has 4 nitrogen and oxygen atoms in total. The van der Waals surface area contributed by atoms with Crippen LogP contribution in [0.2, 0.25) is 0 Å². The third kappa shape index (κ3) is 2.53. The quantitative estimate of drug-likeness (QED) is 0.656. The van der Waals surface area contributed by atoms with Crippen molar-refractivity contribution >= 4 is 11.9 Å². The fourth-order valence-corrected chi connectivity index (χ4v) is 1.26. The van der Waals surface area contributed by atoms with Crippen LogP contribution < -0.4 is 0 Å². The van der Waals surface area contributed by atoms with Gasteiger partial charge in [0.2, 0.25) is 0 Å². The molecule has 0 fully saturated rings. The second-order valence-corrected chi connectivity index (χ2v) is 2.71. The summed E-state index contributed by atoms with van der Waals surface area (Å²) < 4.78 is 0. The second kappa shape index (κ2) is 4.74. The predicted molar refractivity (Wildman–Crippen MR) is 42.8 cm³/mol. The van der Waals surface area contributed by atoms with Crippen molar-refractivity contribution in [3.05, 3.63) is 0 Å². The van der Waals surface area contributed by atoms with Crippen molar-refractivity contribution in [3.63, 3.8) is 0 Å². The maximum atomic E-state index is 10.6. The van der Waals surface area contributed by atoms with Crippen molar-refractivity contribution in [2.75, 3.05) is 0 Å². The van der Waals surface area contributed by atoms with Crippen LogP contribution in [0.5, 0.6) is 0 Å². The molecule has 70 valence electrons. The van der Waals surface area contributed by atoms with Gasteiger partial charge in [0, 0.05) is 0 Å². The summed E-state index contributed by atoms with van der Waals surface area (Å²) >= 11 is 0. The topological polar surface area (TPSA) is 74.6 Å². The van der Waals surface area contributed by atoms with Crippen molar-refractivity contribution in [1.29, 1.82) is 0 Å². The Morgan fingerprint density at radius 1 is 1.00 bits per heavy atom. The molecule has 0 radical (unpaired) electrons. The van der Waals surface area contributed by atoms with Crippen LogP contribution in [0.15, 0.2) is 0 Å². The summed E-state index contributed by atoms with van der Waals surface area (Å²) in [5.74, 6) is -3.56. The fraction of sp³-hybridized carbons (Fsp3) is 0.750. The number of carbonyl (C=O) groups is 2. The first kappa shape index (κ1) is 10.9. The molecule has 0 aliphatic carbocycles. The minimum Gasteiger partial charge on any atom is -0.481 e. The number of aliphatic carboxylic acids is 2. The summed E-state index contributed by atoms with van der Waals surface area (Å²) in [6, 6.07) is 0. The fourth-order valence-electron chi connectivity index (χ4n) is 1.26. The van der Waals surface area contributed by atoms with Gasteiger partial charge in [-0.25, -0.2) is 0 Å². The Hall–Kier alpha value is -1.06. The Labute approximate surface area is 71.2 Å². The average molecular weight is 174 g/mol.